The highest BCUT2D eigenvalue weighted by atomic mass is 16.3. The minimum absolute atomic E-state index is 0.121. The van der Waals surface area contributed by atoms with Gasteiger partial charge < -0.3 is 4.42 Å². The summed E-state index contributed by atoms with van der Waals surface area (Å²) in [5.74, 6) is 0. The molecule has 2 aliphatic carbocycles. The third kappa shape index (κ3) is 5.84. The fourth-order valence-corrected chi connectivity index (χ4v) is 7.90. The molecule has 0 amide bonds. The maximum atomic E-state index is 6.72. The second-order valence-electron chi connectivity index (χ2n) is 14.3. The Morgan fingerprint density at radius 1 is 0.720 bits per heavy atom. The summed E-state index contributed by atoms with van der Waals surface area (Å²) in [5.41, 5.74) is 11.6. The number of hydrogen-bond donors (Lipinski definition) is 0. The van der Waals surface area contributed by atoms with Gasteiger partial charge in [-0.05, 0) is 109 Å². The van der Waals surface area contributed by atoms with Gasteiger partial charge in [-0.2, -0.15) is 0 Å². The highest BCUT2D eigenvalue weighted by molar-refractivity contribution is 6.08. The van der Waals surface area contributed by atoms with Gasteiger partial charge in [0.1, 0.15) is 11.2 Å². The Labute approximate surface area is 294 Å². The van der Waals surface area contributed by atoms with E-state index in [1.165, 1.54) is 43.8 Å². The minimum Gasteiger partial charge on any atom is -0.455 e. The molecule has 0 bridgehead atoms. The number of rotatable bonds is 3. The number of furan rings is 1. The van der Waals surface area contributed by atoms with Gasteiger partial charge in [0.2, 0.25) is 0 Å². The van der Waals surface area contributed by atoms with Gasteiger partial charge in [-0.3, -0.25) is 0 Å². The third-order valence-corrected chi connectivity index (χ3v) is 10.4. The summed E-state index contributed by atoms with van der Waals surface area (Å²) < 4.78 is 6.72. The summed E-state index contributed by atoms with van der Waals surface area (Å²) in [6.45, 7) is 13.7. The number of allylic oxidation sites excluding steroid dienone is 6. The molecule has 0 radical (unpaired) electrons. The first kappa shape index (κ1) is 31.6. The SMILES string of the molecule is C=C(/C=c1/ccccc1=C)C1=c2cccc/c2=C(C2=Cc3c(ccc4c3oc3ccccc34)Cc3ccccc3C(C)(C)C2)/C=C/CCC=C1. The Bertz CT molecular complexity index is 2650. The van der Waals surface area contributed by atoms with Gasteiger partial charge in [0.15, 0.2) is 0 Å². The summed E-state index contributed by atoms with van der Waals surface area (Å²) in [6.07, 6.45) is 17.5. The topological polar surface area (TPSA) is 13.1 Å². The second-order valence-corrected chi connectivity index (χ2v) is 14.3. The molecule has 0 atom stereocenters. The molecule has 244 valence electrons. The molecule has 50 heavy (non-hydrogen) atoms. The smallest absolute Gasteiger partial charge is 0.142 e. The number of benzene rings is 5. The first-order valence-electron chi connectivity index (χ1n) is 17.7. The normalized spacial score (nSPS) is 17.9. The lowest BCUT2D eigenvalue weighted by atomic mass is 9.75. The van der Waals surface area contributed by atoms with E-state index in [1.54, 1.807) is 0 Å². The van der Waals surface area contributed by atoms with Gasteiger partial charge in [-0.25, -0.2) is 0 Å². The van der Waals surface area contributed by atoms with Crippen molar-refractivity contribution in [3.8, 4) is 0 Å². The fourth-order valence-electron chi connectivity index (χ4n) is 7.90. The van der Waals surface area contributed by atoms with Crippen LogP contribution in [0.25, 0.3) is 51.8 Å². The lowest BCUT2D eigenvalue weighted by Gasteiger charge is -2.29. The molecule has 2 aliphatic rings. The molecule has 1 nitrogen and oxygen atoms in total. The highest BCUT2D eigenvalue weighted by Crippen LogP contribution is 2.42. The predicted molar refractivity (Wildman–Crippen MR) is 213 cm³/mol. The van der Waals surface area contributed by atoms with Gasteiger partial charge in [-0.1, -0.05) is 154 Å². The number of para-hydroxylation sites is 1. The summed E-state index contributed by atoms with van der Waals surface area (Å²) in [5, 5.41) is 6.78. The maximum absolute atomic E-state index is 6.72. The van der Waals surface area contributed by atoms with Crippen LogP contribution >= 0.6 is 0 Å². The van der Waals surface area contributed by atoms with E-state index < -0.39 is 0 Å². The molecule has 0 fully saturated rings. The van der Waals surface area contributed by atoms with Crippen molar-refractivity contribution >= 4 is 51.8 Å². The fraction of sp³-hybridized carbons (Fsp3) is 0.143. The molecule has 0 saturated carbocycles. The van der Waals surface area contributed by atoms with Crippen molar-refractivity contribution in [3.63, 3.8) is 0 Å². The van der Waals surface area contributed by atoms with Gasteiger partial charge in [-0.15, -0.1) is 0 Å². The molecule has 1 heteroatoms. The van der Waals surface area contributed by atoms with E-state index in [9.17, 15) is 0 Å². The van der Waals surface area contributed by atoms with E-state index >= 15 is 0 Å². The van der Waals surface area contributed by atoms with Crippen LogP contribution in [0.3, 0.4) is 0 Å². The van der Waals surface area contributed by atoms with E-state index in [0.29, 0.717) is 0 Å². The monoisotopic (exact) mass is 646 g/mol. The van der Waals surface area contributed by atoms with Crippen molar-refractivity contribution in [2.24, 2.45) is 0 Å². The molecule has 0 spiro atoms. The molecule has 0 unspecified atom stereocenters. The van der Waals surface area contributed by atoms with E-state index in [0.717, 1.165) is 69.2 Å². The largest absolute Gasteiger partial charge is 0.455 e. The van der Waals surface area contributed by atoms with Gasteiger partial charge >= 0.3 is 0 Å². The van der Waals surface area contributed by atoms with E-state index in [-0.39, 0.29) is 5.41 Å². The van der Waals surface area contributed by atoms with Crippen molar-refractivity contribution in [1.82, 2.24) is 0 Å². The molecular weight excluding hydrogens is 605 g/mol. The standard InChI is InChI=1S/C49H42O/c1-33-17-9-10-18-35(33)29-34(2)39-20-7-5-6-8-21-40(42-23-13-12-22-41(39)42)38-31-45-36(30-37-19-11-15-25-46(37)49(3,4)32-38)27-28-44-43-24-14-16-26-47(43)50-48(44)45/h7-29,31H,1-2,5-6,30,32H2,3-4H3/b20-7?,21-8+,35-29-,38-31?,41-39?,42-40+. The molecule has 0 aliphatic heterocycles. The van der Waals surface area contributed by atoms with Crippen molar-refractivity contribution in [1.29, 1.82) is 0 Å². The third-order valence-electron chi connectivity index (χ3n) is 10.4. The Morgan fingerprint density at radius 3 is 2.30 bits per heavy atom. The molecule has 1 aromatic heterocycles. The van der Waals surface area contributed by atoms with Crippen LogP contribution in [-0.4, -0.2) is 0 Å². The first-order valence-corrected chi connectivity index (χ1v) is 17.7. The first-order chi connectivity index (χ1) is 24.4. The molecular formula is C49H42O. The van der Waals surface area contributed by atoms with Crippen LogP contribution in [0.15, 0.2) is 156 Å². The van der Waals surface area contributed by atoms with Crippen molar-refractivity contribution in [2.75, 3.05) is 0 Å². The van der Waals surface area contributed by atoms with Crippen LogP contribution in [0.1, 0.15) is 55.4 Å². The lowest BCUT2D eigenvalue weighted by Crippen LogP contribution is -2.30. The molecule has 0 saturated heterocycles. The van der Waals surface area contributed by atoms with Crippen molar-refractivity contribution < 1.29 is 4.42 Å². The van der Waals surface area contributed by atoms with Gasteiger partial charge in [0, 0.05) is 16.3 Å². The zero-order valence-corrected chi connectivity index (χ0v) is 29.0. The van der Waals surface area contributed by atoms with Gasteiger partial charge in [0.25, 0.3) is 0 Å². The zero-order valence-electron chi connectivity index (χ0n) is 29.0. The zero-order chi connectivity index (χ0) is 34.2. The van der Waals surface area contributed by atoms with Crippen LogP contribution in [0.2, 0.25) is 0 Å². The summed E-state index contributed by atoms with van der Waals surface area (Å²) in [4.78, 5) is 0. The second kappa shape index (κ2) is 13.0. The van der Waals surface area contributed by atoms with Crippen molar-refractivity contribution in [3.05, 3.63) is 194 Å². The Kier molecular flexibility index (Phi) is 8.21. The molecule has 1 heterocycles. The minimum atomic E-state index is -0.121. The average molecular weight is 647 g/mol. The van der Waals surface area contributed by atoms with E-state index in [4.69, 9.17) is 4.42 Å². The number of hydrogen-bond acceptors (Lipinski definition) is 1. The van der Waals surface area contributed by atoms with Gasteiger partial charge in [0.05, 0.1) is 0 Å². The predicted octanol–water partition coefficient (Wildman–Crippen LogP) is 9.60. The van der Waals surface area contributed by atoms with Crippen LogP contribution in [0, 0.1) is 0 Å². The Hall–Kier alpha value is -5.66. The Morgan fingerprint density at radius 2 is 1.44 bits per heavy atom. The summed E-state index contributed by atoms with van der Waals surface area (Å²) >= 11 is 0. The van der Waals surface area contributed by atoms with Crippen molar-refractivity contribution in [2.45, 2.75) is 44.9 Å². The van der Waals surface area contributed by atoms with Crippen LogP contribution in [0.4, 0.5) is 0 Å². The molecule has 5 aromatic carbocycles. The Balaban J connectivity index is 1.48. The van der Waals surface area contributed by atoms with Crippen LogP contribution < -0.4 is 20.9 Å². The molecule has 8 rings (SSSR count). The lowest BCUT2D eigenvalue weighted by molar-refractivity contribution is 0.523. The summed E-state index contributed by atoms with van der Waals surface area (Å²) in [6, 6.07) is 39.1. The summed E-state index contributed by atoms with van der Waals surface area (Å²) in [7, 11) is 0. The van der Waals surface area contributed by atoms with Crippen LogP contribution in [0.5, 0.6) is 0 Å². The maximum Gasteiger partial charge on any atom is 0.142 e. The van der Waals surface area contributed by atoms with E-state index in [1.807, 2.05) is 6.07 Å². The van der Waals surface area contributed by atoms with E-state index in [2.05, 4.69) is 167 Å². The molecule has 0 N–H and O–H groups in total. The average Bonchev–Trinajstić information content (AvgIpc) is 3.52. The van der Waals surface area contributed by atoms with Crippen LogP contribution in [-0.2, 0) is 11.8 Å². The highest BCUT2D eigenvalue weighted by Gasteiger charge is 2.28. The quantitative estimate of drug-likeness (QED) is 0.187. The number of fused-ring (bicyclic) bond motifs is 7. The molecule has 6 aromatic rings.